The van der Waals surface area contributed by atoms with Crippen molar-refractivity contribution in [2.45, 2.75) is 84.6 Å². The Morgan fingerprint density at radius 3 is 2.39 bits per heavy atom. The van der Waals surface area contributed by atoms with E-state index in [2.05, 4.69) is 41.5 Å². The van der Waals surface area contributed by atoms with Crippen LogP contribution in [0.4, 0.5) is 5.69 Å². The molecule has 0 bridgehead atoms. The van der Waals surface area contributed by atoms with Gasteiger partial charge in [-0.05, 0) is 43.7 Å². The molecule has 0 unspecified atom stereocenters. The van der Waals surface area contributed by atoms with Gasteiger partial charge in [0.25, 0.3) is 5.91 Å². The quantitative estimate of drug-likeness (QED) is 0.150. The fourth-order valence-electron chi connectivity index (χ4n) is 4.26. The van der Waals surface area contributed by atoms with E-state index in [4.69, 9.17) is 16.3 Å². The van der Waals surface area contributed by atoms with Gasteiger partial charge < -0.3 is 10.1 Å². The van der Waals surface area contributed by atoms with Crippen LogP contribution in [0.3, 0.4) is 0 Å². The lowest BCUT2D eigenvalue weighted by molar-refractivity contribution is -0.683. The lowest BCUT2D eigenvalue weighted by Gasteiger charge is -2.13. The Hall–Kier alpha value is -2.37. The average Bonchev–Trinajstić information content (AvgIpc) is 3.27. The summed E-state index contributed by atoms with van der Waals surface area (Å²) in [5.74, 6) is 0.345. The van der Waals surface area contributed by atoms with Crippen LogP contribution >= 0.6 is 22.9 Å². The molecule has 0 saturated heterocycles. The number of hydrogen-bond acceptors (Lipinski definition) is 3. The number of unbranched alkanes of at least 4 members (excludes halogenated alkanes) is 9. The molecule has 3 aromatic rings. The second kappa shape index (κ2) is 15.7. The lowest BCUT2D eigenvalue weighted by Crippen LogP contribution is -2.30. The summed E-state index contributed by atoms with van der Waals surface area (Å²) in [4.78, 5) is 14.4. The largest absolute Gasteiger partial charge is 0.493 e. The predicted octanol–water partition coefficient (Wildman–Crippen LogP) is 8.60. The Morgan fingerprint density at radius 2 is 1.69 bits per heavy atom. The molecule has 1 amide bonds. The lowest BCUT2D eigenvalue weighted by atomic mass is 10.1. The Balaban J connectivity index is 1.46. The summed E-state index contributed by atoms with van der Waals surface area (Å²) in [6, 6.07) is 13.2. The van der Waals surface area contributed by atoms with Gasteiger partial charge in [0.05, 0.1) is 17.0 Å². The highest BCUT2D eigenvalue weighted by molar-refractivity contribution is 7.09. The minimum absolute atomic E-state index is 0.194. The number of rotatable bonds is 16. The van der Waals surface area contributed by atoms with Crippen molar-refractivity contribution >= 4 is 34.5 Å². The third kappa shape index (κ3) is 9.94. The van der Waals surface area contributed by atoms with Crippen LogP contribution in [0.25, 0.3) is 0 Å². The second-order valence-corrected chi connectivity index (χ2v) is 11.0. The maximum Gasteiger partial charge on any atom is 0.259 e. The van der Waals surface area contributed by atoms with Crippen molar-refractivity contribution in [2.24, 2.45) is 0 Å². The summed E-state index contributed by atoms with van der Waals surface area (Å²) in [6.07, 6.45) is 14.9. The molecule has 0 atom stereocenters. The number of thiazole rings is 1. The minimum Gasteiger partial charge on any atom is -0.493 e. The van der Waals surface area contributed by atoms with E-state index in [1.807, 2.05) is 18.2 Å². The van der Waals surface area contributed by atoms with E-state index < -0.39 is 0 Å². The van der Waals surface area contributed by atoms with Gasteiger partial charge in [-0.2, -0.15) is 4.57 Å². The van der Waals surface area contributed by atoms with Crippen LogP contribution in [0, 0.1) is 6.92 Å². The summed E-state index contributed by atoms with van der Waals surface area (Å²) in [5, 5.41) is 3.59. The molecule has 0 aliphatic rings. The number of halogens is 1. The van der Waals surface area contributed by atoms with Crippen molar-refractivity contribution in [3.05, 3.63) is 75.2 Å². The molecule has 194 valence electrons. The van der Waals surface area contributed by atoms with Gasteiger partial charge in [-0.15, -0.1) is 0 Å². The van der Waals surface area contributed by atoms with Crippen molar-refractivity contribution in [1.82, 2.24) is 0 Å². The molecule has 1 heterocycles. The highest BCUT2D eigenvalue weighted by atomic mass is 35.5. The van der Waals surface area contributed by atoms with E-state index in [1.165, 1.54) is 56.2 Å². The number of ether oxygens (including phenoxy) is 1. The van der Waals surface area contributed by atoms with Crippen LogP contribution in [0.15, 0.2) is 54.2 Å². The van der Waals surface area contributed by atoms with Crippen molar-refractivity contribution in [3.8, 4) is 5.75 Å². The van der Waals surface area contributed by atoms with Gasteiger partial charge in [0.15, 0.2) is 12.7 Å². The number of anilines is 1. The zero-order valence-electron chi connectivity index (χ0n) is 21.7. The SMILES string of the molecule is CCCCCCCCCCCCOc1cc(Cl)ccc1C(=O)Nc1cccc(C[n+]2csc(C)c2)c1. The number of nitrogens with one attached hydrogen (secondary N) is 1. The first-order chi connectivity index (χ1) is 17.5. The molecule has 1 N–H and O–H groups in total. The number of benzene rings is 2. The topological polar surface area (TPSA) is 42.2 Å². The monoisotopic (exact) mass is 527 g/mol. The van der Waals surface area contributed by atoms with Crippen LogP contribution in [0.1, 0.15) is 91.9 Å². The number of nitrogens with zero attached hydrogens (tertiary/aromatic N) is 1. The molecule has 3 rings (SSSR count). The van der Waals surface area contributed by atoms with Gasteiger partial charge in [-0.3, -0.25) is 4.79 Å². The molecule has 0 aliphatic carbocycles. The van der Waals surface area contributed by atoms with Crippen LogP contribution in [0.2, 0.25) is 5.02 Å². The van der Waals surface area contributed by atoms with Crippen molar-refractivity contribution < 1.29 is 14.1 Å². The molecule has 0 spiro atoms. The average molecular weight is 528 g/mol. The summed E-state index contributed by atoms with van der Waals surface area (Å²) in [7, 11) is 0. The van der Waals surface area contributed by atoms with Gasteiger partial charge in [-0.25, -0.2) is 0 Å². The zero-order valence-corrected chi connectivity index (χ0v) is 23.3. The molecule has 0 aliphatic heterocycles. The fraction of sp³-hybridized carbons (Fsp3) is 0.467. The molecule has 36 heavy (non-hydrogen) atoms. The van der Waals surface area contributed by atoms with E-state index in [0.717, 1.165) is 30.6 Å². The van der Waals surface area contributed by atoms with Crippen molar-refractivity contribution in [1.29, 1.82) is 0 Å². The van der Waals surface area contributed by atoms with E-state index in [1.54, 1.807) is 29.5 Å². The highest BCUT2D eigenvalue weighted by Crippen LogP contribution is 2.25. The van der Waals surface area contributed by atoms with Gasteiger partial charge in [0.1, 0.15) is 5.75 Å². The third-order valence-electron chi connectivity index (χ3n) is 6.22. The van der Waals surface area contributed by atoms with Gasteiger partial charge in [0.2, 0.25) is 5.51 Å². The van der Waals surface area contributed by atoms with E-state index in [9.17, 15) is 4.79 Å². The standard InChI is InChI=1S/C30H39ClN2O2S/c1-3-4-5-6-7-8-9-10-11-12-18-35-29-20-26(31)16-17-28(29)30(34)32-27-15-13-14-25(19-27)22-33-21-24(2)36-23-33/h13-17,19-21,23H,3-12,18,22H2,1-2H3/p+1. The van der Waals surface area contributed by atoms with Crippen molar-refractivity contribution in [3.63, 3.8) is 0 Å². The molecule has 2 aromatic carbocycles. The predicted molar refractivity (Wildman–Crippen MR) is 152 cm³/mol. The Labute approximate surface area is 225 Å². The smallest absolute Gasteiger partial charge is 0.259 e. The molecular formula is C30H40ClN2O2S+. The number of carbonyl (C=O) groups excluding carboxylic acids is 1. The maximum absolute atomic E-state index is 13.1. The molecule has 0 fully saturated rings. The van der Waals surface area contributed by atoms with E-state index >= 15 is 0 Å². The summed E-state index contributed by atoms with van der Waals surface area (Å²) < 4.78 is 8.16. The minimum atomic E-state index is -0.194. The highest BCUT2D eigenvalue weighted by Gasteiger charge is 2.15. The Morgan fingerprint density at radius 1 is 0.972 bits per heavy atom. The fourth-order valence-corrected chi connectivity index (χ4v) is 5.06. The molecular weight excluding hydrogens is 488 g/mol. The first kappa shape index (κ1) is 28.2. The van der Waals surface area contributed by atoms with Gasteiger partial charge in [0, 0.05) is 16.3 Å². The normalized spacial score (nSPS) is 11.0. The number of hydrogen-bond donors (Lipinski definition) is 1. The molecule has 6 heteroatoms. The Kier molecular flexibility index (Phi) is 12.3. The molecule has 0 radical (unpaired) electrons. The Bertz CT molecular complexity index is 1080. The van der Waals surface area contributed by atoms with Crippen LogP contribution < -0.4 is 14.6 Å². The van der Waals surface area contributed by atoms with E-state index in [-0.39, 0.29) is 5.91 Å². The molecule has 1 aromatic heterocycles. The maximum atomic E-state index is 13.1. The summed E-state index contributed by atoms with van der Waals surface area (Å²) in [6.45, 7) is 5.71. The van der Waals surface area contributed by atoms with Gasteiger partial charge in [-0.1, -0.05) is 99.8 Å². The zero-order chi connectivity index (χ0) is 25.6. The summed E-state index contributed by atoms with van der Waals surface area (Å²) >= 11 is 7.93. The first-order valence-electron chi connectivity index (χ1n) is 13.3. The summed E-state index contributed by atoms with van der Waals surface area (Å²) in [5.41, 5.74) is 4.50. The third-order valence-corrected chi connectivity index (χ3v) is 7.30. The second-order valence-electron chi connectivity index (χ2n) is 9.46. The molecule has 4 nitrogen and oxygen atoms in total. The van der Waals surface area contributed by atoms with Crippen LogP contribution in [-0.4, -0.2) is 12.5 Å². The van der Waals surface area contributed by atoms with Crippen LogP contribution in [0.5, 0.6) is 5.75 Å². The van der Waals surface area contributed by atoms with Crippen LogP contribution in [-0.2, 0) is 6.54 Å². The van der Waals surface area contributed by atoms with E-state index in [0.29, 0.717) is 22.9 Å². The number of aryl methyl sites for hydroxylation is 1. The number of carbonyl (C=O) groups is 1. The van der Waals surface area contributed by atoms with Gasteiger partial charge >= 0.3 is 0 Å². The first-order valence-corrected chi connectivity index (χ1v) is 14.6. The number of amides is 1. The van der Waals surface area contributed by atoms with Crippen molar-refractivity contribution in [2.75, 3.05) is 11.9 Å². The number of aromatic nitrogens is 1. The molecule has 0 saturated carbocycles.